The van der Waals surface area contributed by atoms with Crippen LogP contribution in [0.4, 0.5) is 0 Å². The van der Waals surface area contributed by atoms with Crippen molar-refractivity contribution in [1.29, 1.82) is 0 Å². The second kappa shape index (κ2) is 18.2. The Kier molecular flexibility index (Phi) is 13.5. The van der Waals surface area contributed by atoms with Crippen molar-refractivity contribution in [3.63, 3.8) is 0 Å². The third-order valence-electron chi connectivity index (χ3n) is 7.55. The minimum Gasteiger partial charge on any atom is -0.494 e. The summed E-state index contributed by atoms with van der Waals surface area (Å²) in [7, 11) is 0. The molecular formula is C41H42O9. The maximum Gasteiger partial charge on any atom is 0.343 e. The number of rotatable bonds is 17. The molecule has 0 saturated carbocycles. The fraction of sp³-hybridized carbons (Fsp3) is 0.268. The van der Waals surface area contributed by atoms with Crippen molar-refractivity contribution in [2.24, 2.45) is 0 Å². The van der Waals surface area contributed by atoms with Gasteiger partial charge in [-0.1, -0.05) is 38.6 Å². The number of carbonyl (C=O) groups is 4. The van der Waals surface area contributed by atoms with E-state index in [9.17, 15) is 19.2 Å². The van der Waals surface area contributed by atoms with Gasteiger partial charge in [0.15, 0.2) is 0 Å². The molecule has 260 valence electrons. The number of carbonyl (C=O) groups excluding carboxylic acids is 4. The number of benzene rings is 4. The Labute approximate surface area is 292 Å². The SMILES string of the molecule is C=C(C)C(=O)OCCCCCCOc1ccc(C(=O)Oc2ccc(OC(=O)c3ccc4cc(OC(=O)C(=C)C)ccc4c3)c(CCC)c2)cc1. The van der Waals surface area contributed by atoms with Crippen molar-refractivity contribution in [3.05, 3.63) is 120 Å². The van der Waals surface area contributed by atoms with Gasteiger partial charge >= 0.3 is 23.9 Å². The van der Waals surface area contributed by atoms with Gasteiger partial charge in [0, 0.05) is 11.1 Å². The van der Waals surface area contributed by atoms with Crippen LogP contribution in [-0.2, 0) is 20.7 Å². The standard InChI is InChI=1S/C41H42O9/c1-6-11-32-26-36(49-40(44)29-14-17-34(18-15-29)46-22-9-7-8-10-23-47-38(42)27(2)3)20-21-37(32)50-41(45)33-13-12-31-25-35(19-16-30(31)24-33)48-39(43)28(4)5/h12-21,24-26H,2,4,6-11,22-23H2,1,3,5H3. The van der Waals surface area contributed by atoms with Gasteiger partial charge in [-0.2, -0.15) is 0 Å². The molecule has 0 atom stereocenters. The number of ether oxygens (including phenoxy) is 5. The van der Waals surface area contributed by atoms with E-state index in [0.29, 0.717) is 64.9 Å². The van der Waals surface area contributed by atoms with Gasteiger partial charge < -0.3 is 23.7 Å². The van der Waals surface area contributed by atoms with E-state index in [1.54, 1.807) is 92.7 Å². The van der Waals surface area contributed by atoms with Crippen LogP contribution in [0.1, 0.15) is 79.2 Å². The lowest BCUT2D eigenvalue weighted by Gasteiger charge is -2.13. The van der Waals surface area contributed by atoms with E-state index in [2.05, 4.69) is 13.2 Å². The van der Waals surface area contributed by atoms with E-state index < -0.39 is 17.9 Å². The van der Waals surface area contributed by atoms with Crippen molar-refractivity contribution in [2.45, 2.75) is 59.3 Å². The van der Waals surface area contributed by atoms with Gasteiger partial charge in [-0.05, 0) is 129 Å². The summed E-state index contributed by atoms with van der Waals surface area (Å²) < 4.78 is 27.6. The van der Waals surface area contributed by atoms with Crippen LogP contribution in [0.15, 0.2) is 103 Å². The summed E-state index contributed by atoms with van der Waals surface area (Å²) in [5, 5.41) is 1.57. The maximum atomic E-state index is 13.1. The Bertz CT molecular complexity index is 1870. The summed E-state index contributed by atoms with van der Waals surface area (Å²) in [6.07, 6.45) is 4.88. The smallest absolute Gasteiger partial charge is 0.343 e. The highest BCUT2D eigenvalue weighted by atomic mass is 16.5. The van der Waals surface area contributed by atoms with Crippen LogP contribution in [0, 0.1) is 0 Å². The van der Waals surface area contributed by atoms with Crippen LogP contribution >= 0.6 is 0 Å². The number of esters is 4. The highest BCUT2D eigenvalue weighted by molar-refractivity contribution is 5.97. The largest absolute Gasteiger partial charge is 0.494 e. The van der Waals surface area contributed by atoms with Crippen LogP contribution in [0.25, 0.3) is 10.8 Å². The molecule has 4 rings (SSSR count). The van der Waals surface area contributed by atoms with E-state index in [1.807, 2.05) is 6.92 Å². The van der Waals surface area contributed by atoms with Crippen LogP contribution in [0.5, 0.6) is 23.0 Å². The summed E-state index contributed by atoms with van der Waals surface area (Å²) in [6.45, 7) is 13.3. The van der Waals surface area contributed by atoms with E-state index >= 15 is 0 Å². The number of unbranched alkanes of at least 4 members (excludes halogenated alkanes) is 3. The molecule has 0 bridgehead atoms. The Hall–Kier alpha value is -5.70. The lowest BCUT2D eigenvalue weighted by Crippen LogP contribution is -2.11. The second-order valence-electron chi connectivity index (χ2n) is 11.9. The minimum absolute atomic E-state index is 0.298. The summed E-state index contributed by atoms with van der Waals surface area (Å²) in [6, 6.07) is 21.9. The lowest BCUT2D eigenvalue weighted by molar-refractivity contribution is -0.139. The Morgan fingerprint density at radius 2 is 1.16 bits per heavy atom. The zero-order chi connectivity index (χ0) is 36.0. The first-order chi connectivity index (χ1) is 24.0. The number of aryl methyl sites for hydroxylation is 1. The first-order valence-corrected chi connectivity index (χ1v) is 16.6. The van der Waals surface area contributed by atoms with E-state index in [4.69, 9.17) is 23.7 Å². The van der Waals surface area contributed by atoms with Crippen molar-refractivity contribution < 1.29 is 42.9 Å². The van der Waals surface area contributed by atoms with Gasteiger partial charge in [0.2, 0.25) is 0 Å². The molecule has 0 aliphatic rings. The fourth-order valence-corrected chi connectivity index (χ4v) is 4.84. The second-order valence-corrected chi connectivity index (χ2v) is 11.9. The third kappa shape index (κ3) is 10.9. The van der Waals surface area contributed by atoms with Gasteiger partial charge in [0.25, 0.3) is 0 Å². The summed E-state index contributed by atoms with van der Waals surface area (Å²) in [4.78, 5) is 49.3. The normalized spacial score (nSPS) is 10.6. The molecule has 4 aromatic rings. The lowest BCUT2D eigenvalue weighted by atomic mass is 10.1. The van der Waals surface area contributed by atoms with E-state index in [1.165, 1.54) is 0 Å². The fourth-order valence-electron chi connectivity index (χ4n) is 4.84. The first kappa shape index (κ1) is 37.1. The molecule has 0 N–H and O–H groups in total. The van der Waals surface area contributed by atoms with Crippen LogP contribution in [-0.4, -0.2) is 37.1 Å². The Morgan fingerprint density at radius 1 is 0.580 bits per heavy atom. The molecule has 0 fully saturated rings. The monoisotopic (exact) mass is 678 g/mol. The van der Waals surface area contributed by atoms with Gasteiger partial charge in [-0.3, -0.25) is 0 Å². The van der Waals surface area contributed by atoms with E-state index in [0.717, 1.165) is 48.4 Å². The maximum absolute atomic E-state index is 13.1. The number of fused-ring (bicyclic) bond motifs is 1. The molecule has 0 heterocycles. The summed E-state index contributed by atoms with van der Waals surface area (Å²) >= 11 is 0. The topological polar surface area (TPSA) is 114 Å². The molecule has 0 saturated heterocycles. The van der Waals surface area contributed by atoms with E-state index in [-0.39, 0.29) is 5.97 Å². The molecule has 0 amide bonds. The molecule has 50 heavy (non-hydrogen) atoms. The molecule has 9 heteroatoms. The zero-order valence-corrected chi connectivity index (χ0v) is 28.8. The summed E-state index contributed by atoms with van der Waals surface area (Å²) in [5.41, 5.74) is 2.15. The predicted molar refractivity (Wildman–Crippen MR) is 191 cm³/mol. The molecular weight excluding hydrogens is 636 g/mol. The highest BCUT2D eigenvalue weighted by Crippen LogP contribution is 2.28. The van der Waals surface area contributed by atoms with Gasteiger partial charge in [-0.15, -0.1) is 0 Å². The van der Waals surface area contributed by atoms with Crippen molar-refractivity contribution in [1.82, 2.24) is 0 Å². The average molecular weight is 679 g/mol. The first-order valence-electron chi connectivity index (χ1n) is 16.6. The van der Waals surface area contributed by atoms with Crippen LogP contribution in [0.3, 0.4) is 0 Å². The molecule has 9 nitrogen and oxygen atoms in total. The quantitative estimate of drug-likeness (QED) is 0.0468. The van der Waals surface area contributed by atoms with Crippen molar-refractivity contribution >= 4 is 34.6 Å². The molecule has 0 aliphatic heterocycles. The average Bonchev–Trinajstić information content (AvgIpc) is 3.10. The molecule has 0 spiro atoms. The van der Waals surface area contributed by atoms with Gasteiger partial charge in [0.05, 0.1) is 24.3 Å². The molecule has 0 aliphatic carbocycles. The zero-order valence-electron chi connectivity index (χ0n) is 28.8. The van der Waals surface area contributed by atoms with Crippen molar-refractivity contribution in [3.8, 4) is 23.0 Å². The van der Waals surface area contributed by atoms with Crippen LogP contribution < -0.4 is 18.9 Å². The minimum atomic E-state index is -0.532. The molecule has 0 unspecified atom stereocenters. The van der Waals surface area contributed by atoms with Gasteiger partial charge in [0.1, 0.15) is 23.0 Å². The van der Waals surface area contributed by atoms with Gasteiger partial charge in [-0.25, -0.2) is 19.2 Å². The van der Waals surface area contributed by atoms with Crippen LogP contribution in [0.2, 0.25) is 0 Å². The molecule has 0 radical (unpaired) electrons. The molecule has 4 aromatic carbocycles. The highest BCUT2D eigenvalue weighted by Gasteiger charge is 2.16. The Morgan fingerprint density at radius 3 is 1.86 bits per heavy atom. The predicted octanol–water partition coefficient (Wildman–Crippen LogP) is 8.77. The Balaban J connectivity index is 1.29. The van der Waals surface area contributed by atoms with Crippen molar-refractivity contribution in [2.75, 3.05) is 13.2 Å². The number of hydrogen-bond donors (Lipinski definition) is 0. The molecule has 0 aromatic heterocycles. The number of hydrogen-bond acceptors (Lipinski definition) is 9. The third-order valence-corrected chi connectivity index (χ3v) is 7.55. The summed E-state index contributed by atoms with van der Waals surface area (Å²) in [5.74, 6) is -0.179.